The van der Waals surface area contributed by atoms with Crippen LogP contribution in [0.1, 0.15) is 22.3 Å². The number of nitrogens with zero attached hydrogens (tertiary/aromatic N) is 3. The molecule has 4 rings (SSSR count). The van der Waals surface area contributed by atoms with Crippen LogP contribution in [0.15, 0.2) is 47.3 Å². The number of hydrogen-bond acceptors (Lipinski definition) is 4. The second kappa shape index (κ2) is 7.52. The summed E-state index contributed by atoms with van der Waals surface area (Å²) < 4.78 is 18.1. The second-order valence-corrected chi connectivity index (χ2v) is 7.03. The molecule has 2 saturated heterocycles. The number of benzene rings is 1. The summed E-state index contributed by atoms with van der Waals surface area (Å²) in [6.45, 7) is 3.74. The highest BCUT2D eigenvalue weighted by Crippen LogP contribution is 2.21. The van der Waals surface area contributed by atoms with Crippen molar-refractivity contribution in [3.63, 3.8) is 0 Å². The lowest BCUT2D eigenvalue weighted by Gasteiger charge is -2.39. The SMILES string of the molecule is O=C(c1ccoc1)N1CCC2C(=O)N(Cc3ccc(F)cc3)CCN2CC1. The largest absolute Gasteiger partial charge is 0.472 e. The molecule has 2 amide bonds. The van der Waals surface area contributed by atoms with Gasteiger partial charge in [0.25, 0.3) is 5.91 Å². The summed E-state index contributed by atoms with van der Waals surface area (Å²) in [5.74, 6) is -0.247. The van der Waals surface area contributed by atoms with Gasteiger partial charge in [-0.2, -0.15) is 0 Å². The molecule has 1 aromatic heterocycles. The Labute approximate surface area is 157 Å². The number of rotatable bonds is 3. The second-order valence-electron chi connectivity index (χ2n) is 7.03. The van der Waals surface area contributed by atoms with Gasteiger partial charge in [0.2, 0.25) is 5.91 Å². The summed E-state index contributed by atoms with van der Waals surface area (Å²) in [6.07, 6.45) is 3.56. The molecule has 2 aromatic rings. The fourth-order valence-corrected chi connectivity index (χ4v) is 3.83. The number of halogens is 1. The van der Waals surface area contributed by atoms with Crippen LogP contribution in [0.5, 0.6) is 0 Å². The molecule has 6 nitrogen and oxygen atoms in total. The number of furan rings is 1. The lowest BCUT2D eigenvalue weighted by molar-refractivity contribution is -0.142. The van der Waals surface area contributed by atoms with E-state index < -0.39 is 0 Å². The minimum atomic E-state index is -0.277. The lowest BCUT2D eigenvalue weighted by Crippen LogP contribution is -2.56. The van der Waals surface area contributed by atoms with Crippen LogP contribution in [0.2, 0.25) is 0 Å². The van der Waals surface area contributed by atoms with Gasteiger partial charge >= 0.3 is 0 Å². The molecule has 2 aliphatic rings. The van der Waals surface area contributed by atoms with Crippen molar-refractivity contribution in [2.24, 2.45) is 0 Å². The Bertz CT molecular complexity index is 806. The Hall–Kier alpha value is -2.67. The molecule has 0 N–H and O–H groups in total. The first kappa shape index (κ1) is 17.7. The van der Waals surface area contributed by atoms with Crippen LogP contribution >= 0.6 is 0 Å². The third-order valence-corrected chi connectivity index (χ3v) is 5.37. The standard InChI is InChI=1S/C20H22FN3O3/c21-17-3-1-15(2-4-17)13-24-11-9-22-8-10-23(7-5-18(22)20(24)26)19(25)16-6-12-27-14-16/h1-4,6,12,14,18H,5,7-11,13H2. The Morgan fingerprint density at radius 3 is 2.59 bits per heavy atom. The Balaban J connectivity index is 1.41. The Morgan fingerprint density at radius 2 is 1.85 bits per heavy atom. The highest BCUT2D eigenvalue weighted by atomic mass is 19.1. The smallest absolute Gasteiger partial charge is 0.257 e. The summed E-state index contributed by atoms with van der Waals surface area (Å²) in [7, 11) is 0. The predicted octanol–water partition coefficient (Wildman–Crippen LogP) is 1.98. The molecule has 0 saturated carbocycles. The van der Waals surface area contributed by atoms with Gasteiger partial charge in [0.1, 0.15) is 12.1 Å². The first-order valence-electron chi connectivity index (χ1n) is 9.20. The van der Waals surface area contributed by atoms with Crippen molar-refractivity contribution >= 4 is 11.8 Å². The summed E-state index contributed by atoms with van der Waals surface area (Å²) in [4.78, 5) is 31.3. The average molecular weight is 371 g/mol. The molecule has 0 radical (unpaired) electrons. The van der Waals surface area contributed by atoms with Crippen LogP contribution in [0.3, 0.4) is 0 Å². The molecule has 27 heavy (non-hydrogen) atoms. The zero-order chi connectivity index (χ0) is 18.8. The highest BCUT2D eigenvalue weighted by Gasteiger charge is 2.37. The van der Waals surface area contributed by atoms with Crippen LogP contribution in [-0.2, 0) is 11.3 Å². The van der Waals surface area contributed by atoms with E-state index in [2.05, 4.69) is 4.90 Å². The van der Waals surface area contributed by atoms with Crippen molar-refractivity contribution < 1.29 is 18.4 Å². The molecule has 1 atom stereocenters. The minimum Gasteiger partial charge on any atom is -0.472 e. The van der Waals surface area contributed by atoms with Gasteiger partial charge < -0.3 is 14.2 Å². The number of fused-ring (bicyclic) bond motifs is 1. The normalized spacial score (nSPS) is 21.1. The Morgan fingerprint density at radius 1 is 1.07 bits per heavy atom. The minimum absolute atomic E-state index is 0.0563. The number of carbonyl (C=O) groups excluding carboxylic acids is 2. The molecule has 0 spiro atoms. The molecule has 1 unspecified atom stereocenters. The van der Waals surface area contributed by atoms with Gasteiger partial charge in [0.15, 0.2) is 0 Å². The van der Waals surface area contributed by atoms with E-state index in [1.807, 2.05) is 4.90 Å². The molecule has 142 valence electrons. The van der Waals surface area contributed by atoms with Gasteiger partial charge in [-0.3, -0.25) is 14.5 Å². The van der Waals surface area contributed by atoms with E-state index in [1.165, 1.54) is 24.7 Å². The zero-order valence-corrected chi connectivity index (χ0v) is 15.0. The van der Waals surface area contributed by atoms with E-state index in [0.29, 0.717) is 44.7 Å². The highest BCUT2D eigenvalue weighted by molar-refractivity contribution is 5.94. The summed E-state index contributed by atoms with van der Waals surface area (Å²) in [6, 6.07) is 7.72. The van der Waals surface area contributed by atoms with E-state index in [1.54, 1.807) is 23.1 Å². The third-order valence-electron chi connectivity index (χ3n) is 5.37. The zero-order valence-electron chi connectivity index (χ0n) is 15.0. The molecule has 0 aliphatic carbocycles. The molecular formula is C20H22FN3O3. The van der Waals surface area contributed by atoms with E-state index in [-0.39, 0.29) is 23.7 Å². The van der Waals surface area contributed by atoms with Crippen molar-refractivity contribution in [3.8, 4) is 0 Å². The number of piperazine rings is 1. The number of amides is 2. The summed E-state index contributed by atoms with van der Waals surface area (Å²) in [5.41, 5.74) is 1.46. The fraction of sp³-hybridized carbons (Fsp3) is 0.400. The molecule has 0 bridgehead atoms. The summed E-state index contributed by atoms with van der Waals surface area (Å²) >= 11 is 0. The average Bonchev–Trinajstić information content (AvgIpc) is 3.12. The van der Waals surface area contributed by atoms with Gasteiger partial charge in [-0.1, -0.05) is 12.1 Å². The number of hydrogen-bond donors (Lipinski definition) is 0. The Kier molecular flexibility index (Phi) is 4.94. The van der Waals surface area contributed by atoms with E-state index in [0.717, 1.165) is 12.1 Å². The van der Waals surface area contributed by atoms with Crippen LogP contribution < -0.4 is 0 Å². The van der Waals surface area contributed by atoms with Gasteiger partial charge in [-0.05, 0) is 30.2 Å². The first-order chi connectivity index (χ1) is 13.1. The van der Waals surface area contributed by atoms with Crippen LogP contribution in [0, 0.1) is 5.82 Å². The summed E-state index contributed by atoms with van der Waals surface area (Å²) in [5, 5.41) is 0. The maximum Gasteiger partial charge on any atom is 0.257 e. The van der Waals surface area contributed by atoms with Crippen LogP contribution in [0.4, 0.5) is 4.39 Å². The van der Waals surface area contributed by atoms with Crippen LogP contribution in [0.25, 0.3) is 0 Å². The predicted molar refractivity (Wildman–Crippen MR) is 96.4 cm³/mol. The quantitative estimate of drug-likeness (QED) is 0.828. The van der Waals surface area contributed by atoms with E-state index >= 15 is 0 Å². The molecule has 7 heteroatoms. The number of carbonyl (C=O) groups is 2. The van der Waals surface area contributed by atoms with Crippen molar-refractivity contribution in [1.82, 2.24) is 14.7 Å². The van der Waals surface area contributed by atoms with Crippen molar-refractivity contribution in [2.75, 3.05) is 32.7 Å². The molecular weight excluding hydrogens is 349 g/mol. The first-order valence-corrected chi connectivity index (χ1v) is 9.20. The lowest BCUT2D eigenvalue weighted by atomic mass is 10.1. The molecule has 2 fully saturated rings. The van der Waals surface area contributed by atoms with E-state index in [4.69, 9.17) is 4.42 Å². The fourth-order valence-electron chi connectivity index (χ4n) is 3.83. The van der Waals surface area contributed by atoms with Crippen molar-refractivity contribution in [1.29, 1.82) is 0 Å². The van der Waals surface area contributed by atoms with Crippen LogP contribution in [-0.4, -0.2) is 65.3 Å². The molecule has 1 aromatic carbocycles. The van der Waals surface area contributed by atoms with E-state index in [9.17, 15) is 14.0 Å². The van der Waals surface area contributed by atoms with Gasteiger partial charge in [-0.15, -0.1) is 0 Å². The van der Waals surface area contributed by atoms with Crippen molar-refractivity contribution in [2.45, 2.75) is 19.0 Å². The molecule has 3 heterocycles. The maximum atomic E-state index is 13.1. The topological polar surface area (TPSA) is 57.0 Å². The van der Waals surface area contributed by atoms with Gasteiger partial charge in [0, 0.05) is 39.3 Å². The van der Waals surface area contributed by atoms with Gasteiger partial charge in [-0.25, -0.2) is 4.39 Å². The monoisotopic (exact) mass is 371 g/mol. The third kappa shape index (κ3) is 3.73. The molecule has 2 aliphatic heterocycles. The van der Waals surface area contributed by atoms with Crippen molar-refractivity contribution in [3.05, 3.63) is 59.8 Å². The maximum absolute atomic E-state index is 13.1. The van der Waals surface area contributed by atoms with Gasteiger partial charge in [0.05, 0.1) is 17.9 Å².